The molecule has 11 nitrogen and oxygen atoms in total. The molecule has 4 heterocycles. The number of morpholine rings is 1. The van der Waals surface area contributed by atoms with Crippen LogP contribution in [0.25, 0.3) is 10.9 Å². The second-order valence-corrected chi connectivity index (χ2v) is 15.8. The number of likely N-dealkylation sites (N-methyl/N-ethyl adjacent to an activating group) is 1. The van der Waals surface area contributed by atoms with Crippen molar-refractivity contribution in [1.29, 1.82) is 0 Å². The average Bonchev–Trinajstić information content (AvgIpc) is 3.74. The monoisotopic (exact) mass is 675 g/mol. The molecule has 1 unspecified atom stereocenters. The van der Waals surface area contributed by atoms with E-state index >= 15 is 0 Å². The highest BCUT2D eigenvalue weighted by Crippen LogP contribution is 2.55. The standard InChI is InChI=1S/C36H45N5O6S/c1-38-13-15-40(16-14-38)48(44,45)37-35(42)33-28-22-41-29(21-27-30(46-2)12-11-24(34(27)41)23-7-4-3-5-8-23)31-25(32(28)33)9-6-10-26(31)36(43)39-17-19-47-20-18-39/h6,9,11-12,21,23,26,31H,3-5,7-8,10,13-20,22H2,1-2H3,(H,37,42)/t26-,31?/m1/s1. The van der Waals surface area contributed by atoms with E-state index in [2.05, 4.69) is 38.5 Å². The summed E-state index contributed by atoms with van der Waals surface area (Å²) < 4.78 is 44.3. The maximum atomic E-state index is 14.3. The van der Waals surface area contributed by atoms with Gasteiger partial charge in [0.2, 0.25) is 5.91 Å². The Morgan fingerprint density at radius 2 is 1.75 bits per heavy atom. The third kappa shape index (κ3) is 5.41. The van der Waals surface area contributed by atoms with Gasteiger partial charge in [-0.25, -0.2) is 4.72 Å². The Hall–Kier alpha value is -3.45. The molecule has 1 N–H and O–H groups in total. The molecule has 1 saturated carbocycles. The van der Waals surface area contributed by atoms with Crippen LogP contribution < -0.4 is 9.46 Å². The summed E-state index contributed by atoms with van der Waals surface area (Å²) in [5, 5.41) is 1.02. The number of carbonyl (C=O) groups excluding carboxylic acids is 2. The lowest BCUT2D eigenvalue weighted by molar-refractivity contribution is -0.140. The van der Waals surface area contributed by atoms with Gasteiger partial charge in [0.05, 0.1) is 37.3 Å². The topological polar surface area (TPSA) is 113 Å². The lowest BCUT2D eigenvalue weighted by Gasteiger charge is -2.36. The molecule has 6 aliphatic rings. The highest BCUT2D eigenvalue weighted by Gasteiger charge is 2.48. The summed E-state index contributed by atoms with van der Waals surface area (Å²) >= 11 is 0. The maximum absolute atomic E-state index is 14.3. The highest BCUT2D eigenvalue weighted by atomic mass is 32.2. The van der Waals surface area contributed by atoms with Crippen LogP contribution in [0.2, 0.25) is 0 Å². The van der Waals surface area contributed by atoms with Crippen LogP contribution in [0.5, 0.6) is 5.75 Å². The van der Waals surface area contributed by atoms with Crippen molar-refractivity contribution in [2.75, 3.05) is 66.6 Å². The minimum Gasteiger partial charge on any atom is -0.496 e. The van der Waals surface area contributed by atoms with E-state index < -0.39 is 16.1 Å². The number of fused-ring (bicyclic) bond motifs is 6. The van der Waals surface area contributed by atoms with Crippen LogP contribution in [-0.2, 0) is 31.1 Å². The maximum Gasteiger partial charge on any atom is 0.304 e. The Morgan fingerprint density at radius 1 is 1.00 bits per heavy atom. The first-order chi connectivity index (χ1) is 23.3. The number of benzene rings is 1. The lowest BCUT2D eigenvalue weighted by Crippen LogP contribution is -2.51. The molecule has 3 fully saturated rings. The van der Waals surface area contributed by atoms with E-state index in [1.165, 1.54) is 29.1 Å². The molecule has 0 radical (unpaired) electrons. The van der Waals surface area contributed by atoms with Crippen LogP contribution in [0.1, 0.15) is 61.6 Å². The summed E-state index contributed by atoms with van der Waals surface area (Å²) in [5.41, 5.74) is 6.45. The van der Waals surface area contributed by atoms with Gasteiger partial charge in [-0.3, -0.25) is 9.59 Å². The molecule has 2 atom stereocenters. The normalized spacial score (nSPS) is 25.4. The molecule has 2 saturated heterocycles. The van der Waals surface area contributed by atoms with Crippen molar-refractivity contribution < 1.29 is 27.5 Å². The fourth-order valence-corrected chi connectivity index (χ4v) is 9.90. The number of amides is 2. The molecular weight excluding hydrogens is 630 g/mol. The largest absolute Gasteiger partial charge is 0.496 e. The minimum absolute atomic E-state index is 0.0924. The fraction of sp³-hybridized carbons (Fsp3) is 0.556. The predicted molar refractivity (Wildman–Crippen MR) is 182 cm³/mol. The number of ether oxygens (including phenoxy) is 2. The molecule has 0 bridgehead atoms. The van der Waals surface area contributed by atoms with Gasteiger partial charge in [-0.05, 0) is 66.6 Å². The third-order valence-electron chi connectivity index (χ3n) is 11.4. The van der Waals surface area contributed by atoms with Crippen LogP contribution in [0.4, 0.5) is 0 Å². The average molecular weight is 676 g/mol. The number of aromatic nitrogens is 1. The van der Waals surface area contributed by atoms with Crippen molar-refractivity contribution >= 4 is 32.9 Å². The van der Waals surface area contributed by atoms with Gasteiger partial charge >= 0.3 is 10.2 Å². The number of nitrogens with zero attached hydrogens (tertiary/aromatic N) is 4. The van der Waals surface area contributed by atoms with E-state index in [1.807, 2.05) is 18.0 Å². The Balaban J connectivity index is 1.25. The van der Waals surface area contributed by atoms with E-state index in [9.17, 15) is 18.0 Å². The van der Waals surface area contributed by atoms with Gasteiger partial charge < -0.3 is 23.8 Å². The smallest absolute Gasteiger partial charge is 0.304 e. The van der Waals surface area contributed by atoms with Crippen molar-refractivity contribution in [1.82, 2.24) is 23.4 Å². The third-order valence-corrected chi connectivity index (χ3v) is 12.9. The summed E-state index contributed by atoms with van der Waals surface area (Å²) in [5.74, 6) is 0.0529. The van der Waals surface area contributed by atoms with Crippen LogP contribution >= 0.6 is 0 Å². The van der Waals surface area contributed by atoms with Crippen molar-refractivity contribution in [3.05, 3.63) is 63.9 Å². The summed E-state index contributed by atoms with van der Waals surface area (Å²) in [6, 6.07) is 6.50. The number of methoxy groups -OCH3 is 1. The minimum atomic E-state index is -4.01. The summed E-state index contributed by atoms with van der Waals surface area (Å²) in [7, 11) is -0.354. The van der Waals surface area contributed by atoms with Crippen molar-refractivity contribution in [2.24, 2.45) is 5.92 Å². The molecule has 3 aliphatic carbocycles. The van der Waals surface area contributed by atoms with E-state index in [1.54, 1.807) is 7.11 Å². The summed E-state index contributed by atoms with van der Waals surface area (Å²) in [4.78, 5) is 32.2. The molecule has 0 spiro atoms. The van der Waals surface area contributed by atoms with Crippen LogP contribution in [0, 0.1) is 5.92 Å². The molecule has 256 valence electrons. The van der Waals surface area contributed by atoms with E-state index in [0.29, 0.717) is 76.9 Å². The van der Waals surface area contributed by atoms with Crippen LogP contribution in [0.3, 0.4) is 0 Å². The Labute approximate surface area is 282 Å². The van der Waals surface area contributed by atoms with Gasteiger partial charge in [-0.2, -0.15) is 12.7 Å². The first kappa shape index (κ1) is 31.8. The fourth-order valence-electron chi connectivity index (χ4n) is 8.79. The molecule has 2 amide bonds. The molecule has 48 heavy (non-hydrogen) atoms. The van der Waals surface area contributed by atoms with E-state index in [0.717, 1.165) is 51.9 Å². The van der Waals surface area contributed by atoms with Gasteiger partial charge in [-0.1, -0.05) is 37.5 Å². The number of nitrogens with one attached hydrogen (secondary N) is 1. The van der Waals surface area contributed by atoms with Crippen molar-refractivity contribution in [2.45, 2.75) is 56.9 Å². The predicted octanol–water partition coefficient (Wildman–Crippen LogP) is 3.44. The SMILES string of the molecule is COc1ccc(C2CCCCC2)c2c1cc1n2CC2=C(C(=O)NS(=O)(=O)N3CCN(C)CC3)C2=C2C=CC[C@@H](C(=O)N3CCOCC3)C21. The first-order valence-electron chi connectivity index (χ1n) is 17.5. The molecule has 1 aromatic heterocycles. The molecule has 12 heteroatoms. The van der Waals surface area contributed by atoms with Gasteiger partial charge in [0, 0.05) is 62.8 Å². The van der Waals surface area contributed by atoms with Gasteiger partial charge in [0.15, 0.2) is 0 Å². The van der Waals surface area contributed by atoms with E-state index in [4.69, 9.17) is 9.47 Å². The Kier molecular flexibility index (Phi) is 8.25. The number of carbonyl (C=O) groups is 2. The summed E-state index contributed by atoms with van der Waals surface area (Å²) in [6.07, 6.45) is 10.6. The molecule has 2 aromatic rings. The lowest BCUT2D eigenvalue weighted by atomic mass is 9.75. The van der Waals surface area contributed by atoms with Crippen LogP contribution in [-0.4, -0.2) is 106 Å². The number of hydrogen-bond acceptors (Lipinski definition) is 7. The zero-order valence-electron chi connectivity index (χ0n) is 27.9. The van der Waals surface area contributed by atoms with Crippen LogP contribution in [0.15, 0.2) is 52.6 Å². The molecule has 8 rings (SSSR count). The number of hydrogen-bond donors (Lipinski definition) is 1. The Bertz CT molecular complexity index is 1860. The summed E-state index contributed by atoms with van der Waals surface area (Å²) in [6.45, 7) is 4.48. The highest BCUT2D eigenvalue weighted by molar-refractivity contribution is 7.87. The zero-order valence-corrected chi connectivity index (χ0v) is 28.7. The second kappa shape index (κ2) is 12.5. The zero-order chi connectivity index (χ0) is 33.2. The molecule has 1 aromatic carbocycles. The number of piperazine rings is 1. The van der Waals surface area contributed by atoms with Crippen molar-refractivity contribution in [3.8, 4) is 5.75 Å². The number of allylic oxidation sites excluding steroid dienone is 4. The van der Waals surface area contributed by atoms with Crippen molar-refractivity contribution in [3.63, 3.8) is 0 Å². The quantitative estimate of drug-likeness (QED) is 0.499. The Morgan fingerprint density at radius 3 is 2.48 bits per heavy atom. The first-order valence-corrected chi connectivity index (χ1v) is 18.9. The van der Waals surface area contributed by atoms with Gasteiger partial charge in [0.25, 0.3) is 5.91 Å². The molecular formula is C36H45N5O6S. The molecule has 3 aliphatic heterocycles. The van der Waals surface area contributed by atoms with Gasteiger partial charge in [-0.15, -0.1) is 0 Å². The van der Waals surface area contributed by atoms with Gasteiger partial charge in [0.1, 0.15) is 5.75 Å². The number of rotatable bonds is 6. The second-order valence-electron chi connectivity index (χ2n) is 14.1. The van der Waals surface area contributed by atoms with E-state index in [-0.39, 0.29) is 17.7 Å².